The summed E-state index contributed by atoms with van der Waals surface area (Å²) in [4.78, 5) is 30.8. The average molecular weight is 565 g/mol. The summed E-state index contributed by atoms with van der Waals surface area (Å²) in [5.41, 5.74) is 5.45. The summed E-state index contributed by atoms with van der Waals surface area (Å²) in [6, 6.07) is 11.6. The molecule has 2 aliphatic rings. The highest BCUT2D eigenvalue weighted by molar-refractivity contribution is 6.43. The van der Waals surface area contributed by atoms with Crippen molar-refractivity contribution in [3.8, 4) is 5.75 Å². The number of piperazine rings is 1. The minimum absolute atomic E-state index is 0.0766. The van der Waals surface area contributed by atoms with Crippen molar-refractivity contribution in [1.29, 1.82) is 0 Å². The lowest BCUT2D eigenvalue weighted by Crippen LogP contribution is -2.46. The lowest BCUT2D eigenvalue weighted by atomic mass is 10.0. The van der Waals surface area contributed by atoms with Gasteiger partial charge in [0.25, 0.3) is 0 Å². The number of anilines is 2. The molecule has 4 rings (SSSR count). The van der Waals surface area contributed by atoms with Gasteiger partial charge in [-0.25, -0.2) is 15.2 Å². The molecule has 9 nitrogen and oxygen atoms in total. The van der Waals surface area contributed by atoms with Crippen molar-refractivity contribution in [2.45, 2.75) is 25.7 Å². The number of nitrogens with one attached hydrogen (secondary N) is 1. The molecule has 11 heteroatoms. The van der Waals surface area contributed by atoms with Crippen LogP contribution >= 0.6 is 23.2 Å². The highest BCUT2D eigenvalue weighted by atomic mass is 35.5. The lowest BCUT2D eigenvalue weighted by Gasteiger charge is -2.36. The van der Waals surface area contributed by atoms with Crippen LogP contribution in [0, 0.1) is 0 Å². The molecule has 0 atom stereocenters. The number of carbonyl (C=O) groups excluding carboxylic acids is 2. The predicted octanol–water partition coefficient (Wildman–Crippen LogP) is 4.41. The van der Waals surface area contributed by atoms with Crippen LogP contribution in [-0.4, -0.2) is 82.1 Å². The van der Waals surface area contributed by atoms with Crippen LogP contribution in [0.5, 0.6) is 5.75 Å². The molecule has 0 aromatic heterocycles. The molecule has 0 spiro atoms. The first-order chi connectivity index (χ1) is 18.4. The van der Waals surface area contributed by atoms with Crippen LogP contribution in [0.15, 0.2) is 36.4 Å². The summed E-state index contributed by atoms with van der Waals surface area (Å²) in [6.45, 7) is 5.26. The minimum Gasteiger partial charge on any atom is -0.494 e. The fourth-order valence-electron chi connectivity index (χ4n) is 4.63. The number of hydrazine groups is 1. The fourth-order valence-corrected chi connectivity index (χ4v) is 5.05. The molecule has 1 saturated heterocycles. The van der Waals surface area contributed by atoms with Gasteiger partial charge in [-0.1, -0.05) is 35.3 Å². The van der Waals surface area contributed by atoms with Gasteiger partial charge in [0.05, 0.1) is 28.0 Å². The first-order valence-corrected chi connectivity index (χ1v) is 13.7. The topological polar surface area (TPSA) is 77.6 Å². The third kappa shape index (κ3) is 7.02. The van der Waals surface area contributed by atoms with E-state index in [4.69, 9.17) is 32.7 Å². The molecule has 38 heavy (non-hydrogen) atoms. The number of fused-ring (bicyclic) bond motifs is 1. The summed E-state index contributed by atoms with van der Waals surface area (Å²) < 4.78 is 11.3. The molecule has 206 valence electrons. The quantitative estimate of drug-likeness (QED) is 0.338. The van der Waals surface area contributed by atoms with Gasteiger partial charge in [-0.15, -0.1) is 0 Å². The second kappa shape index (κ2) is 13.4. The van der Waals surface area contributed by atoms with Crippen molar-refractivity contribution < 1.29 is 19.1 Å². The standard InChI is InChI=1S/C27H35Cl2N5O4/c1-30-31(2)27(36)38-19-34-24-18-21(10-8-20(24)9-11-25(34)35)37-17-4-3-12-32-13-15-33(16-14-32)23-7-5-6-22(28)26(23)29/h5-8,10,18,30H,3-4,9,11-17,19H2,1-2H3. The Labute approximate surface area is 234 Å². The molecule has 2 heterocycles. The molecule has 0 radical (unpaired) electrons. The first-order valence-electron chi connectivity index (χ1n) is 12.9. The number of halogens is 2. The molecule has 1 N–H and O–H groups in total. The van der Waals surface area contributed by atoms with E-state index in [1.165, 1.54) is 9.91 Å². The van der Waals surface area contributed by atoms with Crippen LogP contribution in [-0.2, 0) is 16.0 Å². The van der Waals surface area contributed by atoms with Crippen molar-refractivity contribution in [1.82, 2.24) is 15.3 Å². The summed E-state index contributed by atoms with van der Waals surface area (Å²) in [5.74, 6) is 0.626. The maximum atomic E-state index is 12.5. The molecule has 2 aromatic rings. The maximum Gasteiger partial charge on any atom is 0.425 e. The Morgan fingerprint density at radius 1 is 1.05 bits per heavy atom. The molecule has 0 unspecified atom stereocenters. The van der Waals surface area contributed by atoms with Gasteiger partial charge < -0.3 is 14.4 Å². The van der Waals surface area contributed by atoms with Gasteiger partial charge in [-0.2, -0.15) is 0 Å². The Hall–Kier alpha value is -2.72. The van der Waals surface area contributed by atoms with Crippen LogP contribution in [0.3, 0.4) is 0 Å². The molecule has 2 aromatic carbocycles. The Balaban J connectivity index is 1.21. The third-order valence-electron chi connectivity index (χ3n) is 6.96. The molecular formula is C27H35Cl2N5O4. The zero-order chi connectivity index (χ0) is 27.1. The fraction of sp³-hybridized carbons (Fsp3) is 0.481. The number of benzene rings is 2. The predicted molar refractivity (Wildman–Crippen MR) is 150 cm³/mol. The zero-order valence-electron chi connectivity index (χ0n) is 21.9. The van der Waals surface area contributed by atoms with E-state index in [-0.39, 0.29) is 12.6 Å². The summed E-state index contributed by atoms with van der Waals surface area (Å²) >= 11 is 12.6. The number of hydrogen-bond donors (Lipinski definition) is 1. The molecule has 1 fully saturated rings. The van der Waals surface area contributed by atoms with Crippen molar-refractivity contribution in [2.75, 3.05) is 70.0 Å². The first kappa shape index (κ1) is 28.3. The van der Waals surface area contributed by atoms with Gasteiger partial charge in [0.15, 0.2) is 6.73 Å². The maximum absolute atomic E-state index is 12.5. The van der Waals surface area contributed by atoms with Crippen LogP contribution in [0.1, 0.15) is 24.8 Å². The van der Waals surface area contributed by atoms with Crippen LogP contribution in [0.25, 0.3) is 0 Å². The number of aryl methyl sites for hydroxylation is 1. The summed E-state index contributed by atoms with van der Waals surface area (Å²) in [7, 11) is 3.17. The van der Waals surface area contributed by atoms with Gasteiger partial charge in [-0.3, -0.25) is 14.6 Å². The largest absolute Gasteiger partial charge is 0.494 e. The van der Waals surface area contributed by atoms with Gasteiger partial charge in [0.1, 0.15) is 5.75 Å². The smallest absolute Gasteiger partial charge is 0.425 e. The van der Waals surface area contributed by atoms with Crippen LogP contribution < -0.4 is 20.0 Å². The van der Waals surface area contributed by atoms with Crippen molar-refractivity contribution in [3.63, 3.8) is 0 Å². The van der Waals surface area contributed by atoms with E-state index in [1.54, 1.807) is 14.1 Å². The number of unbranched alkanes of at least 4 members (excludes halogenated alkanes) is 1. The van der Waals surface area contributed by atoms with E-state index in [2.05, 4.69) is 15.2 Å². The Morgan fingerprint density at radius 2 is 1.84 bits per heavy atom. The number of nitrogens with zero attached hydrogens (tertiary/aromatic N) is 4. The van der Waals surface area contributed by atoms with Gasteiger partial charge in [-0.05, 0) is 49.6 Å². The third-order valence-corrected chi connectivity index (χ3v) is 7.77. The molecule has 2 aliphatic heterocycles. The monoisotopic (exact) mass is 563 g/mol. The van der Waals surface area contributed by atoms with E-state index >= 15 is 0 Å². The average Bonchev–Trinajstić information content (AvgIpc) is 2.93. The normalized spacial score (nSPS) is 15.8. The van der Waals surface area contributed by atoms with E-state index in [0.717, 1.165) is 62.5 Å². The van der Waals surface area contributed by atoms with Crippen LogP contribution in [0.2, 0.25) is 10.0 Å². The van der Waals surface area contributed by atoms with Crippen molar-refractivity contribution in [2.24, 2.45) is 0 Å². The highest BCUT2D eigenvalue weighted by Gasteiger charge is 2.26. The van der Waals surface area contributed by atoms with E-state index in [9.17, 15) is 9.59 Å². The van der Waals surface area contributed by atoms with Gasteiger partial charge in [0, 0.05) is 52.8 Å². The zero-order valence-corrected chi connectivity index (χ0v) is 23.4. The second-order valence-corrected chi connectivity index (χ2v) is 10.2. The molecule has 0 bridgehead atoms. The Kier molecular flexibility index (Phi) is 9.96. The summed E-state index contributed by atoms with van der Waals surface area (Å²) in [5, 5.41) is 2.42. The molecular weight excluding hydrogens is 529 g/mol. The highest BCUT2D eigenvalue weighted by Crippen LogP contribution is 2.33. The molecule has 0 saturated carbocycles. The van der Waals surface area contributed by atoms with Gasteiger partial charge >= 0.3 is 6.09 Å². The SMILES string of the molecule is CNN(C)C(=O)OCN1C(=O)CCc2ccc(OCCCCN3CCN(c4cccc(Cl)c4Cl)CC3)cc21. The Bertz CT molecular complexity index is 1130. The lowest BCUT2D eigenvalue weighted by molar-refractivity contribution is -0.119. The number of carbonyl (C=O) groups is 2. The number of ether oxygens (including phenoxy) is 2. The Morgan fingerprint density at radius 3 is 2.61 bits per heavy atom. The second-order valence-electron chi connectivity index (χ2n) is 9.39. The van der Waals surface area contributed by atoms with E-state index in [0.29, 0.717) is 35.2 Å². The van der Waals surface area contributed by atoms with Crippen molar-refractivity contribution in [3.05, 3.63) is 52.0 Å². The number of amides is 2. The van der Waals surface area contributed by atoms with Crippen molar-refractivity contribution >= 4 is 46.6 Å². The van der Waals surface area contributed by atoms with Gasteiger partial charge in [0.2, 0.25) is 5.91 Å². The van der Waals surface area contributed by atoms with Crippen LogP contribution in [0.4, 0.5) is 16.2 Å². The summed E-state index contributed by atoms with van der Waals surface area (Å²) in [6.07, 6.45) is 2.43. The minimum atomic E-state index is -0.561. The molecule has 2 amide bonds. The van der Waals surface area contributed by atoms with E-state index < -0.39 is 6.09 Å². The number of hydrogen-bond acceptors (Lipinski definition) is 7. The van der Waals surface area contributed by atoms with E-state index in [1.807, 2.05) is 36.4 Å². The molecule has 0 aliphatic carbocycles. The number of rotatable bonds is 10.